The maximum Gasteiger partial charge on any atom is 0.276 e. The van der Waals surface area contributed by atoms with Gasteiger partial charge in [0.1, 0.15) is 0 Å². The van der Waals surface area contributed by atoms with Crippen molar-refractivity contribution >= 4 is 40.0 Å². The fraction of sp³-hybridized carbons (Fsp3) is 0.217. The number of nitrogens with zero attached hydrogens (tertiary/aromatic N) is 3. The second kappa shape index (κ2) is 9.03. The molecule has 4 rings (SSSR count). The molecule has 0 unspecified atom stereocenters. The highest BCUT2D eigenvalue weighted by molar-refractivity contribution is 6.12. The minimum Gasteiger partial charge on any atom is -0.336 e. The molecule has 164 valence electrons. The zero-order valence-electron chi connectivity index (χ0n) is 17.7. The smallest absolute Gasteiger partial charge is 0.276 e. The van der Waals surface area contributed by atoms with Crippen molar-refractivity contribution in [1.29, 1.82) is 0 Å². The van der Waals surface area contributed by atoms with Crippen molar-refractivity contribution in [2.75, 3.05) is 43.9 Å². The van der Waals surface area contributed by atoms with Gasteiger partial charge in [-0.1, -0.05) is 6.58 Å². The van der Waals surface area contributed by atoms with Crippen molar-refractivity contribution in [3.8, 4) is 0 Å². The predicted molar refractivity (Wildman–Crippen MR) is 123 cm³/mol. The number of hydrogen-bond donors (Lipinski definition) is 3. The van der Waals surface area contributed by atoms with E-state index in [4.69, 9.17) is 0 Å². The number of amides is 3. The van der Waals surface area contributed by atoms with Gasteiger partial charge in [0.25, 0.3) is 11.8 Å². The van der Waals surface area contributed by atoms with E-state index in [1.54, 1.807) is 42.5 Å². The molecule has 2 heterocycles. The fourth-order valence-corrected chi connectivity index (χ4v) is 3.54. The number of carbonyl (C=O) groups excluding carboxylic acids is 3. The number of anilines is 2. The van der Waals surface area contributed by atoms with Crippen LogP contribution in [0.15, 0.2) is 55.1 Å². The van der Waals surface area contributed by atoms with Gasteiger partial charge >= 0.3 is 0 Å². The monoisotopic (exact) mass is 432 g/mol. The third-order valence-corrected chi connectivity index (χ3v) is 5.41. The average Bonchev–Trinajstić information content (AvgIpc) is 3.23. The summed E-state index contributed by atoms with van der Waals surface area (Å²) in [5.74, 6) is -0.755. The largest absolute Gasteiger partial charge is 0.336 e. The van der Waals surface area contributed by atoms with Gasteiger partial charge in [-0.05, 0) is 55.6 Å². The summed E-state index contributed by atoms with van der Waals surface area (Å²) in [6.45, 7) is 6.55. The van der Waals surface area contributed by atoms with Crippen molar-refractivity contribution in [2.24, 2.45) is 0 Å². The van der Waals surface area contributed by atoms with E-state index in [2.05, 4.69) is 32.3 Å². The number of aromatic amines is 1. The zero-order valence-corrected chi connectivity index (χ0v) is 17.7. The maximum absolute atomic E-state index is 12.8. The molecule has 0 radical (unpaired) electrons. The quantitative estimate of drug-likeness (QED) is 0.536. The molecule has 1 aliphatic heterocycles. The van der Waals surface area contributed by atoms with Gasteiger partial charge in [0.2, 0.25) is 5.91 Å². The second-order valence-electron chi connectivity index (χ2n) is 7.65. The summed E-state index contributed by atoms with van der Waals surface area (Å²) in [4.78, 5) is 41.0. The standard InChI is InChI=1S/C23H24N6O3/c1-3-20(30)24-17-8-9-19-18(14-17)21(27-26-19)22(31)25-16-6-4-15(5-7-16)23(32)29-12-10-28(2)11-13-29/h3-9,14H,1,10-13H2,2H3,(H,24,30)(H,25,31)(H,26,27). The fourth-order valence-electron chi connectivity index (χ4n) is 3.54. The molecular weight excluding hydrogens is 408 g/mol. The summed E-state index contributed by atoms with van der Waals surface area (Å²) in [5.41, 5.74) is 2.54. The molecule has 1 saturated heterocycles. The molecule has 0 bridgehead atoms. The van der Waals surface area contributed by atoms with Gasteiger partial charge in [-0.3, -0.25) is 19.5 Å². The molecule has 1 aliphatic rings. The SMILES string of the molecule is C=CC(=O)Nc1ccc2[nH]nc(C(=O)Nc3ccc(C(=O)N4CCN(C)CC4)cc3)c2c1. The van der Waals surface area contributed by atoms with Crippen molar-refractivity contribution < 1.29 is 14.4 Å². The van der Waals surface area contributed by atoms with E-state index in [1.807, 2.05) is 11.9 Å². The number of nitrogens with one attached hydrogen (secondary N) is 3. The van der Waals surface area contributed by atoms with Gasteiger partial charge in [-0.25, -0.2) is 0 Å². The highest BCUT2D eigenvalue weighted by atomic mass is 16.2. The Labute approximate surface area is 185 Å². The number of rotatable bonds is 5. The lowest BCUT2D eigenvalue weighted by Crippen LogP contribution is -2.47. The summed E-state index contributed by atoms with van der Waals surface area (Å²) in [6.07, 6.45) is 1.17. The Balaban J connectivity index is 1.46. The van der Waals surface area contributed by atoms with Crippen LogP contribution >= 0.6 is 0 Å². The third-order valence-electron chi connectivity index (χ3n) is 5.41. The lowest BCUT2D eigenvalue weighted by Gasteiger charge is -2.32. The van der Waals surface area contributed by atoms with Gasteiger partial charge in [-0.2, -0.15) is 5.10 Å². The number of fused-ring (bicyclic) bond motifs is 1. The Kier molecular flexibility index (Phi) is 6.00. The molecule has 2 aromatic carbocycles. The predicted octanol–water partition coefficient (Wildman–Crippen LogP) is 2.33. The van der Waals surface area contributed by atoms with Crippen molar-refractivity contribution in [3.63, 3.8) is 0 Å². The summed E-state index contributed by atoms with van der Waals surface area (Å²) in [5, 5.41) is 13.0. The first-order valence-electron chi connectivity index (χ1n) is 10.3. The molecule has 3 aromatic rings. The highest BCUT2D eigenvalue weighted by Gasteiger charge is 2.20. The van der Waals surface area contributed by atoms with Crippen LogP contribution in [0.2, 0.25) is 0 Å². The van der Waals surface area contributed by atoms with E-state index in [-0.39, 0.29) is 17.5 Å². The first-order chi connectivity index (χ1) is 15.4. The van der Waals surface area contributed by atoms with Crippen molar-refractivity contribution in [1.82, 2.24) is 20.0 Å². The van der Waals surface area contributed by atoms with Crippen molar-refractivity contribution in [3.05, 3.63) is 66.4 Å². The molecular formula is C23H24N6O3. The van der Waals surface area contributed by atoms with Crippen LogP contribution in [0.4, 0.5) is 11.4 Å². The molecule has 9 heteroatoms. The van der Waals surface area contributed by atoms with E-state index in [0.29, 0.717) is 40.9 Å². The van der Waals surface area contributed by atoms with Crippen LogP contribution in [0, 0.1) is 0 Å². The molecule has 3 amide bonds. The minimum atomic E-state index is -0.401. The van der Waals surface area contributed by atoms with E-state index in [0.717, 1.165) is 13.1 Å². The number of aromatic nitrogens is 2. The van der Waals surface area contributed by atoms with Crippen molar-refractivity contribution in [2.45, 2.75) is 0 Å². The van der Waals surface area contributed by atoms with E-state index >= 15 is 0 Å². The van der Waals surface area contributed by atoms with Gasteiger partial charge in [0.15, 0.2) is 5.69 Å². The topological polar surface area (TPSA) is 110 Å². The first-order valence-corrected chi connectivity index (χ1v) is 10.3. The Bertz CT molecular complexity index is 1180. The number of piperazine rings is 1. The van der Waals surface area contributed by atoms with E-state index < -0.39 is 5.91 Å². The molecule has 32 heavy (non-hydrogen) atoms. The Morgan fingerprint density at radius 1 is 1.00 bits per heavy atom. The summed E-state index contributed by atoms with van der Waals surface area (Å²) in [7, 11) is 2.04. The molecule has 1 aromatic heterocycles. The minimum absolute atomic E-state index is 0.0108. The Hall–Kier alpha value is -3.98. The van der Waals surface area contributed by atoms with Crippen LogP contribution in [0.1, 0.15) is 20.8 Å². The number of H-pyrrole nitrogens is 1. The van der Waals surface area contributed by atoms with Crippen LogP contribution < -0.4 is 10.6 Å². The zero-order chi connectivity index (χ0) is 22.7. The lowest BCUT2D eigenvalue weighted by molar-refractivity contribution is -0.111. The normalized spacial score (nSPS) is 14.2. The number of hydrogen-bond acceptors (Lipinski definition) is 5. The van der Waals surface area contributed by atoms with E-state index in [1.165, 1.54) is 6.08 Å². The number of benzene rings is 2. The Morgan fingerprint density at radius 3 is 2.38 bits per heavy atom. The van der Waals surface area contributed by atoms with E-state index in [9.17, 15) is 14.4 Å². The molecule has 0 spiro atoms. The van der Waals surface area contributed by atoms with Crippen LogP contribution in [0.3, 0.4) is 0 Å². The van der Waals surface area contributed by atoms with Gasteiger partial charge in [-0.15, -0.1) is 0 Å². The highest BCUT2D eigenvalue weighted by Crippen LogP contribution is 2.22. The van der Waals surface area contributed by atoms with Gasteiger partial charge in [0, 0.05) is 48.5 Å². The molecule has 0 saturated carbocycles. The summed E-state index contributed by atoms with van der Waals surface area (Å²) in [6, 6.07) is 11.9. The molecule has 9 nitrogen and oxygen atoms in total. The molecule has 1 fully saturated rings. The summed E-state index contributed by atoms with van der Waals surface area (Å²) >= 11 is 0. The van der Waals surface area contributed by atoms with Crippen LogP contribution in [0.5, 0.6) is 0 Å². The van der Waals surface area contributed by atoms with Crippen LogP contribution in [-0.2, 0) is 4.79 Å². The molecule has 0 aliphatic carbocycles. The number of carbonyl (C=O) groups is 3. The Morgan fingerprint density at radius 2 is 1.69 bits per heavy atom. The number of likely N-dealkylation sites (N-methyl/N-ethyl adjacent to an activating group) is 1. The van der Waals surface area contributed by atoms with Crippen LogP contribution in [0.25, 0.3) is 10.9 Å². The van der Waals surface area contributed by atoms with Gasteiger partial charge in [0.05, 0.1) is 5.52 Å². The second-order valence-corrected chi connectivity index (χ2v) is 7.65. The summed E-state index contributed by atoms with van der Waals surface area (Å²) < 4.78 is 0. The maximum atomic E-state index is 12.8. The van der Waals surface area contributed by atoms with Gasteiger partial charge < -0.3 is 20.4 Å². The third kappa shape index (κ3) is 4.52. The molecule has 0 atom stereocenters. The average molecular weight is 432 g/mol. The lowest BCUT2D eigenvalue weighted by atomic mass is 10.1. The van der Waals surface area contributed by atoms with Crippen LogP contribution in [-0.4, -0.2) is 70.9 Å². The first kappa shape index (κ1) is 21.3. The molecule has 3 N–H and O–H groups in total.